The third-order valence-electron chi connectivity index (χ3n) is 14.9. The van der Waals surface area contributed by atoms with E-state index in [1.54, 1.807) is 12.1 Å². The number of β-amino-alcohol motifs (C(OH)–C–C–N with tert-alkyl or cyclic N) is 1. The fraction of sp³-hybridized carbons (Fsp3) is 0.718. The van der Waals surface area contributed by atoms with Crippen LogP contribution in [0.5, 0.6) is 0 Å². The molecule has 242 valence electrons. The molecule has 0 amide bonds. The second-order valence-electron chi connectivity index (χ2n) is 16.7. The van der Waals surface area contributed by atoms with Crippen LogP contribution in [0, 0.1) is 57.1 Å². The summed E-state index contributed by atoms with van der Waals surface area (Å²) >= 11 is 0. The maximum Gasteiger partial charge on any atom is 0.340 e. The molecule has 0 bridgehead atoms. The van der Waals surface area contributed by atoms with Crippen LogP contribution in [0.1, 0.15) is 115 Å². The van der Waals surface area contributed by atoms with E-state index in [0.717, 1.165) is 12.0 Å². The summed E-state index contributed by atoms with van der Waals surface area (Å²) in [5, 5.41) is 13.7. The Bertz CT molecular complexity index is 1370. The first-order valence-corrected chi connectivity index (χ1v) is 17.3. The maximum atomic E-state index is 15.1. The second-order valence-corrected chi connectivity index (χ2v) is 16.7. The van der Waals surface area contributed by atoms with Gasteiger partial charge in [0, 0.05) is 12.1 Å². The van der Waals surface area contributed by atoms with Crippen molar-refractivity contribution >= 4 is 11.5 Å². The standard InChI is InChI=1S/C39H56FNO3/c1-24(2)26-13-18-39(41-21-22-42)20-19-37(6)29(33(26)39)11-12-32-36(5)16-14-28(35(3,4)31(36)15-17-38(32,37)7)25-9-10-27(30(40)23-25)34(43)44-8/h9-10,14,23,26,29,31-33,41-42H,1,11-13,15-22H2,2-8H3/t26-,29+,31-,32+,33+,36-,37+,38+,39-/m0/s1. The van der Waals surface area contributed by atoms with Crippen LogP contribution >= 0.6 is 0 Å². The van der Waals surface area contributed by atoms with Crippen LogP contribution in [-0.4, -0.2) is 36.9 Å². The van der Waals surface area contributed by atoms with Crippen LogP contribution < -0.4 is 5.32 Å². The lowest BCUT2D eigenvalue weighted by atomic mass is 9.33. The largest absolute Gasteiger partial charge is 0.465 e. The Morgan fingerprint density at radius 1 is 1.02 bits per heavy atom. The molecule has 5 heteroatoms. The van der Waals surface area contributed by atoms with E-state index < -0.39 is 11.8 Å². The molecule has 44 heavy (non-hydrogen) atoms. The van der Waals surface area contributed by atoms with Gasteiger partial charge in [0.2, 0.25) is 0 Å². The Balaban J connectivity index is 1.35. The van der Waals surface area contributed by atoms with E-state index in [-0.39, 0.29) is 39.4 Å². The molecule has 5 aliphatic carbocycles. The molecule has 0 saturated heterocycles. The smallest absolute Gasteiger partial charge is 0.340 e. The van der Waals surface area contributed by atoms with Gasteiger partial charge in [-0.3, -0.25) is 0 Å². The van der Waals surface area contributed by atoms with Gasteiger partial charge >= 0.3 is 5.97 Å². The summed E-state index contributed by atoms with van der Waals surface area (Å²) in [5.41, 5.74) is 4.14. The summed E-state index contributed by atoms with van der Waals surface area (Å²) in [6.45, 7) is 20.3. The highest BCUT2D eigenvalue weighted by molar-refractivity contribution is 5.90. The van der Waals surface area contributed by atoms with E-state index in [9.17, 15) is 9.90 Å². The topological polar surface area (TPSA) is 58.6 Å². The highest BCUT2D eigenvalue weighted by atomic mass is 19.1. The van der Waals surface area contributed by atoms with Crippen LogP contribution in [-0.2, 0) is 4.74 Å². The first kappa shape index (κ1) is 32.0. The number of carbonyl (C=O) groups excluding carboxylic acids is 1. The Hall–Kier alpha value is -1.98. The number of fused-ring (bicyclic) bond motifs is 7. The van der Waals surface area contributed by atoms with E-state index >= 15 is 4.39 Å². The fourth-order valence-corrected chi connectivity index (χ4v) is 12.8. The molecule has 5 aliphatic rings. The monoisotopic (exact) mass is 605 g/mol. The second kappa shape index (κ2) is 10.8. The minimum atomic E-state index is -0.634. The Labute approximate surface area is 265 Å². The molecule has 0 radical (unpaired) electrons. The summed E-state index contributed by atoms with van der Waals surface area (Å²) in [4.78, 5) is 12.1. The molecular formula is C39H56FNO3. The highest BCUT2D eigenvalue weighted by Gasteiger charge is 2.70. The average molecular weight is 606 g/mol. The molecular weight excluding hydrogens is 549 g/mol. The van der Waals surface area contributed by atoms with Gasteiger partial charge in [0.25, 0.3) is 0 Å². The van der Waals surface area contributed by atoms with Crippen LogP contribution in [0.2, 0.25) is 0 Å². The summed E-state index contributed by atoms with van der Waals surface area (Å²) in [6.07, 6.45) is 13.2. The number of aliphatic hydroxyl groups excluding tert-OH is 1. The normalized spacial score (nSPS) is 42.3. The molecule has 4 fully saturated rings. The summed E-state index contributed by atoms with van der Waals surface area (Å²) < 4.78 is 19.9. The number of methoxy groups -OCH3 is 1. The molecule has 4 saturated carbocycles. The molecule has 2 N–H and O–H groups in total. The zero-order chi connectivity index (χ0) is 31.9. The average Bonchev–Trinajstić information content (AvgIpc) is 3.36. The molecule has 0 heterocycles. The van der Waals surface area contributed by atoms with Crippen LogP contribution in [0.25, 0.3) is 5.57 Å². The molecule has 0 aliphatic heterocycles. The van der Waals surface area contributed by atoms with E-state index in [0.29, 0.717) is 36.1 Å². The Morgan fingerprint density at radius 2 is 1.77 bits per heavy atom. The quantitative estimate of drug-likeness (QED) is 0.252. The maximum absolute atomic E-state index is 15.1. The van der Waals surface area contributed by atoms with Gasteiger partial charge in [-0.2, -0.15) is 0 Å². The van der Waals surface area contributed by atoms with E-state index in [4.69, 9.17) is 4.74 Å². The van der Waals surface area contributed by atoms with Crippen molar-refractivity contribution in [2.24, 2.45) is 51.2 Å². The SMILES string of the molecule is C=C(C)[C@@H]1CC[C@]2(NCCO)CC[C@]3(C)[C@H](CC[C@@H]4[C@@]5(C)CC=C(c6ccc(C(=O)OC)c(F)c6)C(C)(C)[C@@H]5CC[C@]43C)[C@@H]12. The minimum Gasteiger partial charge on any atom is -0.465 e. The number of hydrogen-bond donors (Lipinski definition) is 2. The Kier molecular flexibility index (Phi) is 7.84. The lowest BCUT2D eigenvalue weighted by Crippen LogP contribution is -2.68. The number of nitrogens with one attached hydrogen (secondary N) is 1. The first-order chi connectivity index (χ1) is 20.7. The van der Waals surface area contributed by atoms with Crippen molar-refractivity contribution in [1.29, 1.82) is 0 Å². The predicted octanol–water partition coefficient (Wildman–Crippen LogP) is 8.60. The van der Waals surface area contributed by atoms with Crippen molar-refractivity contribution in [1.82, 2.24) is 5.32 Å². The van der Waals surface area contributed by atoms with Gasteiger partial charge in [-0.15, -0.1) is 0 Å². The van der Waals surface area contributed by atoms with Crippen LogP contribution in [0.4, 0.5) is 4.39 Å². The zero-order valence-electron chi connectivity index (χ0n) is 28.3. The van der Waals surface area contributed by atoms with Gasteiger partial charge < -0.3 is 15.2 Å². The summed E-state index contributed by atoms with van der Waals surface area (Å²) in [7, 11) is 1.29. The number of benzene rings is 1. The minimum absolute atomic E-state index is 0.00653. The molecule has 0 unspecified atom stereocenters. The van der Waals surface area contributed by atoms with Gasteiger partial charge in [0.1, 0.15) is 5.82 Å². The molecule has 6 rings (SSSR count). The van der Waals surface area contributed by atoms with Crippen LogP contribution in [0.3, 0.4) is 0 Å². The van der Waals surface area contributed by atoms with Gasteiger partial charge in [0.15, 0.2) is 0 Å². The molecule has 0 spiro atoms. The highest BCUT2D eigenvalue weighted by Crippen LogP contribution is 2.76. The lowest BCUT2D eigenvalue weighted by molar-refractivity contribution is -0.219. The fourth-order valence-electron chi connectivity index (χ4n) is 12.8. The molecule has 1 aromatic carbocycles. The molecule has 4 nitrogen and oxygen atoms in total. The van der Waals surface area contributed by atoms with E-state index in [2.05, 4.69) is 59.5 Å². The predicted molar refractivity (Wildman–Crippen MR) is 175 cm³/mol. The first-order valence-electron chi connectivity index (χ1n) is 17.3. The van der Waals surface area contributed by atoms with E-state index in [1.807, 2.05) is 6.07 Å². The lowest BCUT2D eigenvalue weighted by Gasteiger charge is -2.72. The number of esters is 1. The number of rotatable bonds is 6. The molecule has 9 atom stereocenters. The molecule has 0 aromatic heterocycles. The van der Waals surface area contributed by atoms with E-state index in [1.165, 1.54) is 69.6 Å². The summed E-state index contributed by atoms with van der Waals surface area (Å²) in [6, 6.07) is 5.03. The van der Waals surface area contributed by atoms with Crippen molar-refractivity contribution in [2.45, 2.75) is 105 Å². The number of carbonyl (C=O) groups is 1. The number of aliphatic hydroxyl groups is 1. The van der Waals surface area contributed by atoms with Gasteiger partial charge in [-0.1, -0.05) is 58.9 Å². The third-order valence-corrected chi connectivity index (χ3v) is 14.9. The van der Waals surface area contributed by atoms with Gasteiger partial charge in [0.05, 0.1) is 19.3 Å². The van der Waals surface area contributed by atoms with Crippen molar-refractivity contribution in [2.75, 3.05) is 20.3 Å². The Morgan fingerprint density at radius 3 is 2.43 bits per heavy atom. The van der Waals surface area contributed by atoms with Gasteiger partial charge in [-0.05, 0) is 139 Å². The van der Waals surface area contributed by atoms with Crippen LogP contribution in [0.15, 0.2) is 36.4 Å². The summed E-state index contributed by atoms with van der Waals surface area (Å²) in [5.74, 6) is 1.79. The number of ether oxygens (including phenoxy) is 1. The van der Waals surface area contributed by atoms with Crippen molar-refractivity contribution in [3.63, 3.8) is 0 Å². The van der Waals surface area contributed by atoms with Crippen molar-refractivity contribution in [3.8, 4) is 0 Å². The van der Waals surface area contributed by atoms with Crippen molar-refractivity contribution in [3.05, 3.63) is 53.4 Å². The zero-order valence-corrected chi connectivity index (χ0v) is 28.3. The number of allylic oxidation sites excluding steroid dienone is 3. The number of halogens is 1. The molecule has 1 aromatic rings. The van der Waals surface area contributed by atoms with Gasteiger partial charge in [-0.25, -0.2) is 9.18 Å². The third kappa shape index (κ3) is 4.30. The van der Waals surface area contributed by atoms with Crippen molar-refractivity contribution < 1.29 is 19.0 Å². The number of hydrogen-bond acceptors (Lipinski definition) is 4.